The van der Waals surface area contributed by atoms with E-state index in [1.54, 1.807) is 13.8 Å². The van der Waals surface area contributed by atoms with Crippen LogP contribution in [-0.2, 0) is 14.3 Å². The molecule has 0 saturated heterocycles. The van der Waals surface area contributed by atoms with Crippen molar-refractivity contribution in [1.82, 2.24) is 5.32 Å². The summed E-state index contributed by atoms with van der Waals surface area (Å²) in [6, 6.07) is -2.30. The molecule has 0 saturated carbocycles. The zero-order valence-corrected chi connectivity index (χ0v) is 20.5. The fourth-order valence-electron chi connectivity index (χ4n) is 2.81. The topological polar surface area (TPSA) is 55.4 Å². The van der Waals surface area contributed by atoms with Crippen molar-refractivity contribution < 1.29 is 80.2 Å². The summed E-state index contributed by atoms with van der Waals surface area (Å²) < 4.78 is 204. The molecule has 232 valence electrons. The van der Waals surface area contributed by atoms with Crippen molar-refractivity contribution in [3.8, 4) is 0 Å². The Morgan fingerprint density at radius 3 is 1.44 bits per heavy atom. The van der Waals surface area contributed by atoms with E-state index in [4.69, 9.17) is 0 Å². The van der Waals surface area contributed by atoms with E-state index in [0.717, 1.165) is 5.32 Å². The number of carbonyl (C=O) groups excluding carboxylic acids is 2. The third-order valence-electron chi connectivity index (χ3n) is 5.08. The Balaban J connectivity index is 6.27. The average Bonchev–Trinajstić information content (AvgIpc) is 2.73. The van der Waals surface area contributed by atoms with Crippen molar-refractivity contribution in [2.24, 2.45) is 11.8 Å². The molecule has 0 fully saturated rings. The van der Waals surface area contributed by atoms with E-state index in [9.17, 15) is 75.4 Å². The third kappa shape index (κ3) is 6.97. The number of halogens is 15. The molecule has 0 spiro atoms. The maximum Gasteiger partial charge on any atom is 0.460 e. The molecule has 1 N–H and O–H groups in total. The lowest BCUT2D eigenvalue weighted by Crippen LogP contribution is -2.74. The van der Waals surface area contributed by atoms with Gasteiger partial charge in [0.05, 0.1) is 6.61 Å². The van der Waals surface area contributed by atoms with Crippen LogP contribution in [0.1, 0.15) is 47.0 Å². The van der Waals surface area contributed by atoms with Crippen LogP contribution in [0.15, 0.2) is 0 Å². The quantitative estimate of drug-likeness (QED) is 0.133. The molecule has 1 unspecified atom stereocenters. The summed E-state index contributed by atoms with van der Waals surface area (Å²) in [5.74, 6) is -54.5. The molecular weight excluding hydrogens is 587 g/mol. The van der Waals surface area contributed by atoms with Crippen LogP contribution < -0.4 is 5.32 Å². The SMILES string of the molecule is CC(C)CCCOC(=O)C(CC(C)C)NC(=O)C(F)(F)C(F)(F)C(F)(F)C(F)(F)C(F)(F)C(F)(F)C(F)(F)F. The highest BCUT2D eigenvalue weighted by atomic mass is 19.4. The van der Waals surface area contributed by atoms with Gasteiger partial charge in [-0.05, 0) is 31.1 Å². The van der Waals surface area contributed by atoms with E-state index in [1.807, 2.05) is 0 Å². The maximum absolute atomic E-state index is 14.1. The molecule has 0 aliphatic rings. The number of hydrogen-bond acceptors (Lipinski definition) is 3. The van der Waals surface area contributed by atoms with Crippen LogP contribution >= 0.6 is 0 Å². The van der Waals surface area contributed by atoms with Gasteiger partial charge in [-0.15, -0.1) is 0 Å². The van der Waals surface area contributed by atoms with Crippen LogP contribution in [0, 0.1) is 11.8 Å². The fraction of sp³-hybridized carbons (Fsp3) is 0.900. The lowest BCUT2D eigenvalue weighted by molar-refractivity contribution is -0.449. The van der Waals surface area contributed by atoms with Gasteiger partial charge < -0.3 is 10.1 Å². The summed E-state index contributed by atoms with van der Waals surface area (Å²) in [5.41, 5.74) is 0. The number of rotatable bonds is 14. The van der Waals surface area contributed by atoms with Crippen LogP contribution in [0.25, 0.3) is 0 Å². The van der Waals surface area contributed by atoms with Crippen LogP contribution in [0.4, 0.5) is 65.9 Å². The first kappa shape index (κ1) is 36.9. The van der Waals surface area contributed by atoms with Crippen LogP contribution in [0.2, 0.25) is 0 Å². The zero-order valence-electron chi connectivity index (χ0n) is 20.5. The minimum atomic E-state index is -8.51. The average molecular weight is 611 g/mol. The Labute approximate surface area is 211 Å². The molecule has 0 aliphatic heterocycles. The number of hydrogen-bond donors (Lipinski definition) is 1. The lowest BCUT2D eigenvalue weighted by Gasteiger charge is -2.41. The molecular formula is C20H24F15NO3. The number of carbonyl (C=O) groups is 2. The highest BCUT2D eigenvalue weighted by Gasteiger charge is 2.94. The van der Waals surface area contributed by atoms with E-state index in [2.05, 4.69) is 4.74 Å². The Hall–Kier alpha value is -2.11. The summed E-state index contributed by atoms with van der Waals surface area (Å²) in [7, 11) is 0. The van der Waals surface area contributed by atoms with Gasteiger partial charge >= 0.3 is 47.7 Å². The number of alkyl halides is 15. The highest BCUT2D eigenvalue weighted by molar-refractivity contribution is 5.89. The molecule has 39 heavy (non-hydrogen) atoms. The van der Waals surface area contributed by atoms with Crippen LogP contribution in [-0.4, -0.2) is 66.2 Å². The van der Waals surface area contributed by atoms with Gasteiger partial charge in [-0.2, -0.15) is 65.9 Å². The van der Waals surface area contributed by atoms with E-state index in [-0.39, 0.29) is 12.3 Å². The van der Waals surface area contributed by atoms with Crippen molar-refractivity contribution in [2.45, 2.75) is 94.7 Å². The molecule has 19 heteroatoms. The minimum absolute atomic E-state index is 0.0963. The molecule has 0 aromatic rings. The molecule has 0 rings (SSSR count). The number of ether oxygens (including phenoxy) is 1. The number of nitrogens with one attached hydrogen (secondary N) is 1. The predicted octanol–water partition coefficient (Wildman–Crippen LogP) is 6.87. The van der Waals surface area contributed by atoms with Gasteiger partial charge in [-0.25, -0.2) is 4.79 Å². The largest absolute Gasteiger partial charge is 0.464 e. The summed E-state index contributed by atoms with van der Waals surface area (Å²) >= 11 is 0. The summed E-state index contributed by atoms with van der Waals surface area (Å²) in [5, 5.41) is 0.824. The van der Waals surface area contributed by atoms with Crippen molar-refractivity contribution in [1.29, 1.82) is 0 Å². The first-order chi connectivity index (χ1) is 17.0. The molecule has 0 radical (unpaired) electrons. The van der Waals surface area contributed by atoms with E-state index >= 15 is 0 Å². The maximum atomic E-state index is 14.1. The van der Waals surface area contributed by atoms with Crippen LogP contribution in [0.5, 0.6) is 0 Å². The monoisotopic (exact) mass is 611 g/mol. The fourth-order valence-corrected chi connectivity index (χ4v) is 2.81. The van der Waals surface area contributed by atoms with Gasteiger partial charge in [0.2, 0.25) is 0 Å². The molecule has 0 aromatic heterocycles. The van der Waals surface area contributed by atoms with Crippen molar-refractivity contribution >= 4 is 11.9 Å². The number of amides is 1. The Kier molecular flexibility index (Phi) is 11.1. The van der Waals surface area contributed by atoms with Crippen molar-refractivity contribution in [2.75, 3.05) is 6.61 Å². The Morgan fingerprint density at radius 1 is 0.641 bits per heavy atom. The van der Waals surface area contributed by atoms with Gasteiger partial charge in [0.25, 0.3) is 5.91 Å². The lowest BCUT2D eigenvalue weighted by atomic mass is 9.90. The van der Waals surface area contributed by atoms with Gasteiger partial charge in [-0.3, -0.25) is 4.79 Å². The highest BCUT2D eigenvalue weighted by Crippen LogP contribution is 2.62. The number of esters is 1. The molecule has 1 atom stereocenters. The predicted molar refractivity (Wildman–Crippen MR) is 102 cm³/mol. The molecule has 1 amide bonds. The van der Waals surface area contributed by atoms with Crippen molar-refractivity contribution in [3.63, 3.8) is 0 Å². The first-order valence-corrected chi connectivity index (χ1v) is 10.8. The second-order valence-corrected chi connectivity index (χ2v) is 9.30. The molecule has 0 aromatic carbocycles. The summed E-state index contributed by atoms with van der Waals surface area (Å²) in [4.78, 5) is 23.9. The molecule has 0 bridgehead atoms. The molecule has 0 heterocycles. The van der Waals surface area contributed by atoms with E-state index < -0.39 is 78.6 Å². The van der Waals surface area contributed by atoms with Crippen LogP contribution in [0.3, 0.4) is 0 Å². The Morgan fingerprint density at radius 2 is 1.05 bits per heavy atom. The second-order valence-electron chi connectivity index (χ2n) is 9.30. The zero-order chi connectivity index (χ0) is 31.6. The standard InChI is InChI=1S/C20H24F15NO3/c1-9(2)6-5-7-39-12(37)11(8-10(3)4)36-13(38)14(21,22)15(23,24)16(25,26)17(27,28)18(29,30)19(31,32)20(33,34)35/h9-11H,5-8H2,1-4H3,(H,36,38). The van der Waals surface area contributed by atoms with Gasteiger partial charge in [-0.1, -0.05) is 27.7 Å². The third-order valence-corrected chi connectivity index (χ3v) is 5.08. The second kappa shape index (κ2) is 11.8. The Bertz CT molecular complexity index is 854. The molecule has 0 aliphatic carbocycles. The van der Waals surface area contributed by atoms with E-state index in [0.29, 0.717) is 6.42 Å². The van der Waals surface area contributed by atoms with E-state index in [1.165, 1.54) is 13.8 Å². The van der Waals surface area contributed by atoms with Gasteiger partial charge in [0, 0.05) is 0 Å². The summed E-state index contributed by atoms with van der Waals surface area (Å²) in [6.07, 6.45) is -7.79. The summed E-state index contributed by atoms with van der Waals surface area (Å²) in [6.45, 7) is 5.66. The van der Waals surface area contributed by atoms with Gasteiger partial charge in [0.1, 0.15) is 6.04 Å². The van der Waals surface area contributed by atoms with Gasteiger partial charge in [0.15, 0.2) is 0 Å². The molecule has 4 nitrogen and oxygen atoms in total. The first-order valence-electron chi connectivity index (χ1n) is 10.8. The van der Waals surface area contributed by atoms with Crippen molar-refractivity contribution in [3.05, 3.63) is 0 Å². The normalized spacial score (nSPS) is 15.5. The smallest absolute Gasteiger partial charge is 0.460 e. The minimum Gasteiger partial charge on any atom is -0.464 e.